The van der Waals surface area contributed by atoms with Crippen LogP contribution in [0.25, 0.3) is 0 Å². The van der Waals surface area contributed by atoms with Gasteiger partial charge in [-0.25, -0.2) is 8.42 Å². The van der Waals surface area contributed by atoms with Gasteiger partial charge in [-0.3, -0.25) is 0 Å². The lowest BCUT2D eigenvalue weighted by atomic mass is 10.1. The Morgan fingerprint density at radius 1 is 1.08 bits per heavy atom. The Morgan fingerprint density at radius 3 is 2.42 bits per heavy atom. The number of fused-ring (bicyclic) bond motifs is 1. The Balaban J connectivity index is 1.78. The van der Waals surface area contributed by atoms with Crippen LogP contribution in [-0.2, 0) is 27.1 Å². The normalized spacial score (nSPS) is 14.4. The molecule has 0 saturated heterocycles. The minimum absolute atomic E-state index is 0.0769. The van der Waals surface area contributed by atoms with Crippen molar-refractivity contribution >= 4 is 27.3 Å². The highest BCUT2D eigenvalue weighted by Gasteiger charge is 2.21. The van der Waals surface area contributed by atoms with E-state index in [1.165, 1.54) is 5.56 Å². The van der Waals surface area contributed by atoms with Crippen molar-refractivity contribution in [2.75, 3.05) is 11.4 Å². The first-order valence-electron chi connectivity index (χ1n) is 8.85. The molecule has 0 N–H and O–H groups in total. The molecule has 0 aliphatic carbocycles. The van der Waals surface area contributed by atoms with E-state index in [0.29, 0.717) is 0 Å². The molecule has 0 radical (unpaired) electrons. The van der Waals surface area contributed by atoms with Gasteiger partial charge in [-0.1, -0.05) is 55.5 Å². The van der Waals surface area contributed by atoms with Gasteiger partial charge in [0.1, 0.15) is 0 Å². The van der Waals surface area contributed by atoms with Crippen LogP contribution in [0.3, 0.4) is 0 Å². The smallest absolute Gasteiger partial charge is 0.158 e. The quantitative estimate of drug-likeness (QED) is 0.695. The molecule has 2 aromatic rings. The summed E-state index contributed by atoms with van der Waals surface area (Å²) in [6.07, 6.45) is 1.05. The monoisotopic (exact) mass is 387 g/mol. The fourth-order valence-corrected chi connectivity index (χ4v) is 5.58. The molecule has 3 nitrogen and oxygen atoms in total. The van der Waals surface area contributed by atoms with Gasteiger partial charge in [-0.2, -0.15) is 0 Å². The van der Waals surface area contributed by atoms with Gasteiger partial charge in [0, 0.05) is 18.0 Å². The molecule has 1 aliphatic heterocycles. The van der Waals surface area contributed by atoms with Crippen LogP contribution in [0.2, 0.25) is 0 Å². The molecule has 5 heteroatoms. The molecule has 0 amide bonds. The lowest BCUT2D eigenvalue weighted by Crippen LogP contribution is -2.25. The summed E-state index contributed by atoms with van der Waals surface area (Å²) >= 11 is 1.72. The zero-order valence-corrected chi connectivity index (χ0v) is 17.0. The largest absolute Gasteiger partial charge is 0.336 e. The van der Waals surface area contributed by atoms with Crippen LogP contribution in [0, 0.1) is 6.92 Å². The number of sulfone groups is 1. The van der Waals surface area contributed by atoms with Crippen molar-refractivity contribution in [3.05, 3.63) is 76.3 Å². The van der Waals surface area contributed by atoms with Crippen molar-refractivity contribution in [1.29, 1.82) is 0 Å². The molecular formula is C21H25NO2S2. The summed E-state index contributed by atoms with van der Waals surface area (Å²) in [5, 5.41) is 1.07. The van der Waals surface area contributed by atoms with Crippen LogP contribution in [0.1, 0.15) is 35.6 Å². The van der Waals surface area contributed by atoms with E-state index in [0.717, 1.165) is 46.1 Å². The molecule has 1 heterocycles. The fraction of sp³-hybridized carbons (Fsp3) is 0.333. The van der Waals surface area contributed by atoms with E-state index < -0.39 is 9.84 Å². The summed E-state index contributed by atoms with van der Waals surface area (Å²) in [4.78, 5) is 2.23. The topological polar surface area (TPSA) is 37.4 Å². The van der Waals surface area contributed by atoms with Crippen molar-refractivity contribution in [2.45, 2.75) is 37.5 Å². The summed E-state index contributed by atoms with van der Waals surface area (Å²) in [5.74, 6) is 1.01. The van der Waals surface area contributed by atoms with Crippen molar-refractivity contribution in [3.63, 3.8) is 0 Å². The molecule has 0 atom stereocenters. The Bertz CT molecular complexity index is 902. The van der Waals surface area contributed by atoms with Gasteiger partial charge in [0.05, 0.1) is 16.5 Å². The van der Waals surface area contributed by atoms with Gasteiger partial charge in [0.2, 0.25) is 0 Å². The molecule has 3 rings (SSSR count). The second kappa shape index (κ2) is 7.89. The zero-order valence-electron chi connectivity index (χ0n) is 15.4. The lowest BCUT2D eigenvalue weighted by molar-refractivity contribution is 0.594. The molecule has 1 aliphatic rings. The summed E-state index contributed by atoms with van der Waals surface area (Å²) in [6, 6.07) is 13.7. The van der Waals surface area contributed by atoms with Gasteiger partial charge in [0.15, 0.2) is 9.84 Å². The van der Waals surface area contributed by atoms with E-state index >= 15 is 0 Å². The van der Waals surface area contributed by atoms with Gasteiger partial charge < -0.3 is 4.90 Å². The first-order valence-corrected chi connectivity index (χ1v) is 11.7. The molecule has 0 fully saturated rings. The van der Waals surface area contributed by atoms with E-state index in [1.54, 1.807) is 11.8 Å². The molecule has 138 valence electrons. The highest BCUT2D eigenvalue weighted by atomic mass is 32.2. The predicted molar refractivity (Wildman–Crippen MR) is 112 cm³/mol. The van der Waals surface area contributed by atoms with Crippen molar-refractivity contribution < 1.29 is 8.42 Å². The highest BCUT2D eigenvalue weighted by molar-refractivity contribution is 8.02. The third kappa shape index (κ3) is 4.51. The first kappa shape index (κ1) is 19.1. The maximum atomic E-state index is 12.6. The number of rotatable bonds is 6. The number of thioether (sulfide) groups is 1. The van der Waals surface area contributed by atoms with E-state index in [9.17, 15) is 8.42 Å². The second-order valence-electron chi connectivity index (χ2n) is 6.81. The lowest BCUT2D eigenvalue weighted by Gasteiger charge is -2.32. The Hall–Kier alpha value is -1.72. The van der Waals surface area contributed by atoms with Gasteiger partial charge >= 0.3 is 0 Å². The number of hydrogen-bond acceptors (Lipinski definition) is 4. The van der Waals surface area contributed by atoms with Crippen LogP contribution >= 0.6 is 11.8 Å². The minimum Gasteiger partial charge on any atom is -0.336 e. The summed E-state index contributed by atoms with van der Waals surface area (Å²) in [6.45, 7) is 9.23. The van der Waals surface area contributed by atoms with Crippen molar-refractivity contribution in [2.24, 2.45) is 0 Å². The highest BCUT2D eigenvalue weighted by Crippen LogP contribution is 2.38. The number of anilines is 1. The SMILES string of the molecule is C=C1SCc2cc(CS(=O)(=O)Cc3ccc(C)cc3)ccc2N1CCC. The molecule has 0 spiro atoms. The first-order chi connectivity index (χ1) is 12.4. The molecule has 26 heavy (non-hydrogen) atoms. The summed E-state index contributed by atoms with van der Waals surface area (Å²) in [7, 11) is -3.20. The Morgan fingerprint density at radius 2 is 1.73 bits per heavy atom. The van der Waals surface area contributed by atoms with Gasteiger partial charge in [-0.15, -0.1) is 11.8 Å². The third-order valence-electron chi connectivity index (χ3n) is 4.47. The maximum absolute atomic E-state index is 12.6. The number of hydrogen-bond donors (Lipinski definition) is 0. The van der Waals surface area contributed by atoms with Gasteiger partial charge in [0.25, 0.3) is 0 Å². The number of aryl methyl sites for hydroxylation is 1. The number of benzene rings is 2. The zero-order chi connectivity index (χ0) is 18.7. The molecule has 0 bridgehead atoms. The fourth-order valence-electron chi connectivity index (χ4n) is 3.19. The summed E-state index contributed by atoms with van der Waals surface area (Å²) in [5.41, 5.74) is 5.20. The van der Waals surface area contributed by atoms with E-state index in [-0.39, 0.29) is 11.5 Å². The van der Waals surface area contributed by atoms with Gasteiger partial charge in [-0.05, 0) is 36.1 Å². The maximum Gasteiger partial charge on any atom is 0.158 e. The summed E-state index contributed by atoms with van der Waals surface area (Å²) < 4.78 is 25.2. The average Bonchev–Trinajstić information content (AvgIpc) is 2.59. The van der Waals surface area contributed by atoms with Crippen LogP contribution < -0.4 is 4.90 Å². The molecular weight excluding hydrogens is 362 g/mol. The number of nitrogens with zero attached hydrogens (tertiary/aromatic N) is 1. The van der Waals surface area contributed by atoms with E-state index in [1.807, 2.05) is 49.4 Å². The molecule has 0 unspecified atom stereocenters. The van der Waals surface area contributed by atoms with Crippen molar-refractivity contribution in [3.8, 4) is 0 Å². The van der Waals surface area contributed by atoms with Crippen LogP contribution in [0.4, 0.5) is 5.69 Å². The second-order valence-corrected chi connectivity index (χ2v) is 9.93. The molecule has 2 aromatic carbocycles. The molecule has 0 aromatic heterocycles. The van der Waals surface area contributed by atoms with Crippen LogP contribution in [0.5, 0.6) is 0 Å². The Kier molecular flexibility index (Phi) is 5.78. The standard InChI is InChI=1S/C21H25NO2S2/c1-4-11-22-17(3)25-13-20-12-19(9-10-21(20)22)15-26(23,24)14-18-7-5-16(2)6-8-18/h5-10,12H,3-4,11,13-15H2,1-2H3. The van der Waals surface area contributed by atoms with Crippen molar-refractivity contribution in [1.82, 2.24) is 0 Å². The Labute approximate surface area is 161 Å². The molecule has 0 saturated carbocycles. The van der Waals surface area contributed by atoms with E-state index in [4.69, 9.17) is 0 Å². The third-order valence-corrected chi connectivity index (χ3v) is 7.03. The van der Waals surface area contributed by atoms with E-state index in [2.05, 4.69) is 18.4 Å². The van der Waals surface area contributed by atoms with Crippen LogP contribution in [0.15, 0.2) is 54.1 Å². The predicted octanol–water partition coefficient (Wildman–Crippen LogP) is 5.04. The minimum atomic E-state index is -3.20. The average molecular weight is 388 g/mol. The van der Waals surface area contributed by atoms with Crippen LogP contribution in [-0.4, -0.2) is 15.0 Å².